The fourth-order valence-electron chi connectivity index (χ4n) is 5.18. The van der Waals surface area contributed by atoms with Gasteiger partial charge in [-0.25, -0.2) is 4.98 Å². The minimum atomic E-state index is -9.67. The van der Waals surface area contributed by atoms with Crippen molar-refractivity contribution in [2.75, 3.05) is 35.7 Å². The maximum absolute atomic E-state index is 13.0. The van der Waals surface area contributed by atoms with Gasteiger partial charge in [-0.3, -0.25) is 4.21 Å². The van der Waals surface area contributed by atoms with E-state index in [0.29, 0.717) is 66.5 Å². The van der Waals surface area contributed by atoms with E-state index >= 15 is 0 Å². The summed E-state index contributed by atoms with van der Waals surface area (Å²) in [5.41, 5.74) is 1.17. The van der Waals surface area contributed by atoms with E-state index in [1.807, 2.05) is 6.07 Å². The van der Waals surface area contributed by atoms with Crippen LogP contribution in [-0.4, -0.2) is 45.3 Å². The fraction of sp³-hybridized carbons (Fsp3) is 0.522. The van der Waals surface area contributed by atoms with Crippen LogP contribution in [-0.2, 0) is 17.2 Å². The number of rotatable bonds is 6. The standard InChI is InChI=1S/C23H28F5N3O2S2/c24-35(25,26,27,28)19-4-2-16(3-5-19)17-6-11-31(12-7-17)20-14-18-8-13-34(33)21(18)22(29-20)30-23(15-32)9-1-10-23/h2-5,14,17,32H,1,6-13,15H2,(H,29,30)/t34-/m0/s1. The van der Waals surface area contributed by atoms with Crippen LogP contribution in [0.1, 0.15) is 49.1 Å². The molecule has 3 heterocycles. The van der Waals surface area contributed by atoms with Crippen LogP contribution in [0.2, 0.25) is 0 Å². The third-order valence-electron chi connectivity index (χ3n) is 7.43. The Kier molecular flexibility index (Phi) is 5.51. The van der Waals surface area contributed by atoms with Crippen molar-refractivity contribution < 1.29 is 28.7 Å². The summed E-state index contributed by atoms with van der Waals surface area (Å²) < 4.78 is 77.7. The first-order valence-electron chi connectivity index (χ1n) is 11.7. The van der Waals surface area contributed by atoms with Gasteiger partial charge in [-0.05, 0) is 73.8 Å². The first kappa shape index (κ1) is 24.8. The molecule has 3 aliphatic rings. The molecular weight excluding hydrogens is 509 g/mol. The number of nitrogens with zero attached hydrogens (tertiary/aromatic N) is 2. The van der Waals surface area contributed by atoms with Crippen molar-refractivity contribution in [3.05, 3.63) is 41.5 Å². The zero-order valence-electron chi connectivity index (χ0n) is 19.0. The summed E-state index contributed by atoms with van der Waals surface area (Å²) in [5, 5.41) is 13.3. The summed E-state index contributed by atoms with van der Waals surface area (Å²) in [6.45, 7) is 1.19. The zero-order valence-corrected chi connectivity index (χ0v) is 20.6. The van der Waals surface area contributed by atoms with Gasteiger partial charge < -0.3 is 15.3 Å². The molecule has 0 bridgehead atoms. The molecule has 5 rings (SSSR count). The highest BCUT2D eigenvalue weighted by atomic mass is 32.5. The number of benzene rings is 1. The van der Waals surface area contributed by atoms with Gasteiger partial charge in [0.05, 0.1) is 27.8 Å². The van der Waals surface area contributed by atoms with Crippen LogP contribution in [0.4, 0.5) is 31.1 Å². The molecule has 1 aliphatic carbocycles. The van der Waals surface area contributed by atoms with Gasteiger partial charge >= 0.3 is 10.2 Å². The van der Waals surface area contributed by atoms with Crippen molar-refractivity contribution in [2.24, 2.45) is 0 Å². The molecule has 0 spiro atoms. The van der Waals surface area contributed by atoms with Crippen LogP contribution in [0.5, 0.6) is 0 Å². The summed E-state index contributed by atoms with van der Waals surface area (Å²) >= 11 is 0. The molecule has 35 heavy (non-hydrogen) atoms. The van der Waals surface area contributed by atoms with E-state index in [4.69, 9.17) is 4.98 Å². The third kappa shape index (κ3) is 4.89. The van der Waals surface area contributed by atoms with Gasteiger partial charge in [0.15, 0.2) is 0 Å². The number of nitrogens with one attached hydrogen (secondary N) is 1. The number of halogens is 5. The second kappa shape index (κ2) is 7.79. The average molecular weight is 538 g/mol. The van der Waals surface area contributed by atoms with Gasteiger partial charge in [0.25, 0.3) is 0 Å². The average Bonchev–Trinajstić information content (AvgIpc) is 3.16. The van der Waals surface area contributed by atoms with Crippen LogP contribution < -0.4 is 10.2 Å². The lowest BCUT2D eigenvalue weighted by Crippen LogP contribution is -2.48. The van der Waals surface area contributed by atoms with E-state index in [1.54, 1.807) is 0 Å². The molecule has 2 aliphatic heterocycles. The second-order valence-electron chi connectivity index (χ2n) is 9.83. The van der Waals surface area contributed by atoms with Gasteiger partial charge in [-0.15, -0.1) is 0 Å². The number of aliphatic hydroxyl groups excluding tert-OH is 1. The molecule has 1 saturated carbocycles. The number of fused-ring (bicyclic) bond motifs is 1. The van der Waals surface area contributed by atoms with E-state index < -0.39 is 31.5 Å². The Morgan fingerprint density at radius 1 is 1.11 bits per heavy atom. The zero-order chi connectivity index (χ0) is 25.1. The number of pyridine rings is 1. The highest BCUT2D eigenvalue weighted by Crippen LogP contribution is 3.02. The van der Waals surface area contributed by atoms with Crippen molar-refractivity contribution in [3.8, 4) is 0 Å². The van der Waals surface area contributed by atoms with Gasteiger partial charge in [0, 0.05) is 18.8 Å². The number of anilines is 2. The van der Waals surface area contributed by atoms with Gasteiger partial charge in [0.2, 0.25) is 0 Å². The maximum Gasteiger partial charge on any atom is 0.310 e. The molecular formula is C23H28F5N3O2S2. The van der Waals surface area contributed by atoms with E-state index in [9.17, 15) is 28.7 Å². The number of hydrogen-bond acceptors (Lipinski definition) is 5. The monoisotopic (exact) mass is 537 g/mol. The summed E-state index contributed by atoms with van der Waals surface area (Å²) in [6.07, 6.45) is 4.63. The third-order valence-corrected chi connectivity index (χ3v) is 10.1. The molecule has 194 valence electrons. The van der Waals surface area contributed by atoms with Crippen LogP contribution in [0.3, 0.4) is 0 Å². The van der Waals surface area contributed by atoms with E-state index in [2.05, 4.69) is 10.2 Å². The predicted octanol–water partition coefficient (Wildman–Crippen LogP) is 6.11. The number of aliphatic hydroxyl groups is 1. The van der Waals surface area contributed by atoms with Crippen molar-refractivity contribution in [1.29, 1.82) is 0 Å². The lowest BCUT2D eigenvalue weighted by Gasteiger charge is -2.42. The highest BCUT2D eigenvalue weighted by Gasteiger charge is 2.65. The van der Waals surface area contributed by atoms with E-state index in [1.165, 1.54) is 0 Å². The van der Waals surface area contributed by atoms with Crippen molar-refractivity contribution in [3.63, 3.8) is 0 Å². The summed E-state index contributed by atoms with van der Waals surface area (Å²) in [5.74, 6) is 1.81. The summed E-state index contributed by atoms with van der Waals surface area (Å²) in [4.78, 5) is 5.74. The summed E-state index contributed by atoms with van der Waals surface area (Å²) in [6, 6.07) is 5.25. The Bertz CT molecular complexity index is 1160. The van der Waals surface area contributed by atoms with Crippen LogP contribution in [0, 0.1) is 0 Å². The Hall–Kier alpha value is -1.92. The van der Waals surface area contributed by atoms with Crippen molar-refractivity contribution in [2.45, 2.75) is 59.8 Å². The van der Waals surface area contributed by atoms with Crippen molar-refractivity contribution >= 4 is 32.7 Å². The predicted molar refractivity (Wildman–Crippen MR) is 129 cm³/mol. The SMILES string of the molecule is O=[S@]1CCc2cc(N3CCC(c4ccc(S(F)(F)(F)(F)F)cc4)CC3)nc(NC3(CO)CCC3)c21. The molecule has 2 aromatic rings. The first-order valence-corrected chi connectivity index (χ1v) is 14.9. The van der Waals surface area contributed by atoms with Crippen molar-refractivity contribution in [1.82, 2.24) is 4.98 Å². The number of aryl methyl sites for hydroxylation is 1. The molecule has 0 unspecified atom stereocenters. The molecule has 5 nitrogen and oxygen atoms in total. The highest BCUT2D eigenvalue weighted by molar-refractivity contribution is 8.45. The molecule has 1 aromatic heterocycles. The Morgan fingerprint density at radius 3 is 2.31 bits per heavy atom. The topological polar surface area (TPSA) is 65.5 Å². The molecule has 1 atom stereocenters. The molecule has 1 aromatic carbocycles. The minimum absolute atomic E-state index is 0.0213. The lowest BCUT2D eigenvalue weighted by atomic mass is 9.77. The second-order valence-corrected chi connectivity index (χ2v) is 13.8. The largest absolute Gasteiger partial charge is 0.394 e. The van der Waals surface area contributed by atoms with Crippen LogP contribution in [0.15, 0.2) is 40.1 Å². The van der Waals surface area contributed by atoms with Crippen LogP contribution in [0.25, 0.3) is 0 Å². The maximum atomic E-state index is 13.0. The Labute approximate surface area is 203 Å². The number of hydrogen-bond donors (Lipinski definition) is 2. The van der Waals surface area contributed by atoms with Gasteiger partial charge in [-0.1, -0.05) is 31.6 Å². The molecule has 2 N–H and O–H groups in total. The molecule has 1 saturated heterocycles. The normalized spacial score (nSPS) is 24.3. The smallest absolute Gasteiger partial charge is 0.310 e. The van der Waals surface area contributed by atoms with E-state index in [-0.39, 0.29) is 12.5 Å². The summed E-state index contributed by atoms with van der Waals surface area (Å²) in [7, 11) is -10.8. The molecule has 2 fully saturated rings. The first-order chi connectivity index (χ1) is 16.3. The number of aromatic nitrogens is 1. The number of piperidine rings is 1. The minimum Gasteiger partial charge on any atom is -0.394 e. The van der Waals surface area contributed by atoms with Gasteiger partial charge in [0.1, 0.15) is 16.5 Å². The molecule has 0 amide bonds. The lowest BCUT2D eigenvalue weighted by molar-refractivity contribution is 0.143. The van der Waals surface area contributed by atoms with Gasteiger partial charge in [-0.2, -0.15) is 0 Å². The molecule has 0 radical (unpaired) electrons. The Morgan fingerprint density at radius 2 is 1.77 bits per heavy atom. The Balaban J connectivity index is 1.32. The fourth-order valence-corrected chi connectivity index (χ4v) is 7.20. The molecule has 12 heteroatoms. The van der Waals surface area contributed by atoms with E-state index in [0.717, 1.165) is 42.8 Å². The quantitative estimate of drug-likeness (QED) is 0.435. The van der Waals surface area contributed by atoms with Crippen LogP contribution >= 0.6 is 10.2 Å².